The van der Waals surface area contributed by atoms with Gasteiger partial charge in [0.15, 0.2) is 0 Å². The predicted octanol–water partition coefficient (Wildman–Crippen LogP) is -0.382. The molecule has 8 nitrogen and oxygen atoms in total. The van der Waals surface area contributed by atoms with Crippen LogP contribution in [0, 0.1) is 0 Å². The summed E-state index contributed by atoms with van der Waals surface area (Å²) in [5.74, 6) is 0.549. The Hall–Kier alpha value is -2.22. The van der Waals surface area contributed by atoms with Gasteiger partial charge in [-0.2, -0.15) is 0 Å². The smallest absolute Gasteiger partial charge is 0.272 e. The van der Waals surface area contributed by atoms with Crippen LogP contribution in [0.4, 0.5) is 5.95 Å². The molecular formula is C15H21N5O3. The highest BCUT2D eigenvalue weighted by atomic mass is 16.5. The number of hydrogen-bond donors (Lipinski definition) is 0. The van der Waals surface area contributed by atoms with E-state index in [2.05, 4.69) is 9.97 Å². The summed E-state index contributed by atoms with van der Waals surface area (Å²) in [5, 5.41) is 0. The second-order valence-corrected chi connectivity index (χ2v) is 5.64. The lowest BCUT2D eigenvalue weighted by molar-refractivity contribution is -0.129. The number of amides is 2. The number of carbonyl (C=O) groups excluding carboxylic acids is 2. The number of piperazine rings is 1. The van der Waals surface area contributed by atoms with Gasteiger partial charge in [0.2, 0.25) is 11.9 Å². The van der Waals surface area contributed by atoms with Crippen molar-refractivity contribution < 1.29 is 14.3 Å². The molecule has 2 aliphatic rings. The Bertz CT molecular complexity index is 580. The lowest BCUT2D eigenvalue weighted by atomic mass is 10.3. The summed E-state index contributed by atoms with van der Waals surface area (Å²) in [6, 6.07) is 1.65. The molecule has 2 saturated heterocycles. The fraction of sp³-hybridized carbons (Fsp3) is 0.600. The molecule has 0 N–H and O–H groups in total. The van der Waals surface area contributed by atoms with Crippen molar-refractivity contribution in [2.75, 3.05) is 57.4 Å². The van der Waals surface area contributed by atoms with Crippen LogP contribution in [0.2, 0.25) is 0 Å². The zero-order chi connectivity index (χ0) is 16.2. The van der Waals surface area contributed by atoms with Crippen molar-refractivity contribution in [1.82, 2.24) is 19.8 Å². The van der Waals surface area contributed by atoms with E-state index in [1.54, 1.807) is 29.0 Å². The van der Waals surface area contributed by atoms with Gasteiger partial charge < -0.3 is 19.4 Å². The van der Waals surface area contributed by atoms with Crippen LogP contribution in [-0.2, 0) is 9.53 Å². The maximum atomic E-state index is 12.5. The van der Waals surface area contributed by atoms with Gasteiger partial charge in [-0.1, -0.05) is 0 Å². The normalized spacial score (nSPS) is 18.9. The van der Waals surface area contributed by atoms with E-state index in [0.717, 1.165) is 0 Å². The van der Waals surface area contributed by atoms with Crippen LogP contribution in [0.5, 0.6) is 0 Å². The monoisotopic (exact) mass is 319 g/mol. The molecule has 2 aliphatic heterocycles. The summed E-state index contributed by atoms with van der Waals surface area (Å²) >= 11 is 0. The van der Waals surface area contributed by atoms with E-state index in [1.165, 1.54) is 0 Å². The van der Waals surface area contributed by atoms with Crippen LogP contribution < -0.4 is 4.90 Å². The lowest BCUT2D eigenvalue weighted by Gasteiger charge is -2.34. The van der Waals surface area contributed by atoms with E-state index in [9.17, 15) is 9.59 Å². The van der Waals surface area contributed by atoms with E-state index in [-0.39, 0.29) is 11.8 Å². The van der Waals surface area contributed by atoms with Gasteiger partial charge in [-0.05, 0) is 6.07 Å². The Morgan fingerprint density at radius 1 is 1.04 bits per heavy atom. The number of hydrogen-bond acceptors (Lipinski definition) is 6. The second-order valence-electron chi connectivity index (χ2n) is 5.64. The summed E-state index contributed by atoms with van der Waals surface area (Å²) < 4.78 is 5.27. The molecule has 0 atom stereocenters. The molecule has 3 rings (SSSR count). The van der Waals surface area contributed by atoms with Gasteiger partial charge in [-0.15, -0.1) is 0 Å². The summed E-state index contributed by atoms with van der Waals surface area (Å²) in [7, 11) is 0. The van der Waals surface area contributed by atoms with Crippen molar-refractivity contribution in [2.45, 2.75) is 6.92 Å². The van der Waals surface area contributed by atoms with Crippen molar-refractivity contribution in [3.8, 4) is 0 Å². The van der Waals surface area contributed by atoms with Crippen LogP contribution in [-0.4, -0.2) is 84.1 Å². The molecule has 1 aromatic rings. The zero-order valence-corrected chi connectivity index (χ0v) is 13.3. The van der Waals surface area contributed by atoms with E-state index < -0.39 is 0 Å². The number of ether oxygens (including phenoxy) is 1. The van der Waals surface area contributed by atoms with E-state index in [0.29, 0.717) is 64.1 Å². The highest BCUT2D eigenvalue weighted by molar-refractivity contribution is 5.92. The second kappa shape index (κ2) is 6.91. The minimum atomic E-state index is -0.0840. The number of aromatic nitrogens is 2. The molecule has 0 radical (unpaired) electrons. The molecule has 0 spiro atoms. The number of nitrogens with zero attached hydrogens (tertiary/aromatic N) is 5. The lowest BCUT2D eigenvalue weighted by Crippen LogP contribution is -2.48. The summed E-state index contributed by atoms with van der Waals surface area (Å²) in [4.78, 5) is 38.1. The molecular weight excluding hydrogens is 298 g/mol. The fourth-order valence-electron chi connectivity index (χ4n) is 2.77. The minimum absolute atomic E-state index is 0.0840. The van der Waals surface area contributed by atoms with Crippen LogP contribution in [0.3, 0.4) is 0 Å². The average Bonchev–Trinajstić information content (AvgIpc) is 2.62. The molecule has 124 valence electrons. The first-order chi connectivity index (χ1) is 11.1. The van der Waals surface area contributed by atoms with Crippen molar-refractivity contribution >= 4 is 17.8 Å². The van der Waals surface area contributed by atoms with Gasteiger partial charge in [0, 0.05) is 52.4 Å². The van der Waals surface area contributed by atoms with Crippen molar-refractivity contribution in [3.05, 3.63) is 18.0 Å². The third-order valence-corrected chi connectivity index (χ3v) is 4.17. The van der Waals surface area contributed by atoms with E-state index in [4.69, 9.17) is 4.74 Å². The molecule has 3 heterocycles. The van der Waals surface area contributed by atoms with Crippen molar-refractivity contribution in [1.29, 1.82) is 0 Å². The van der Waals surface area contributed by atoms with Crippen LogP contribution >= 0.6 is 0 Å². The molecule has 23 heavy (non-hydrogen) atoms. The third kappa shape index (κ3) is 3.58. The Labute approximate surface area is 135 Å². The number of carbonyl (C=O) groups is 2. The van der Waals surface area contributed by atoms with Gasteiger partial charge in [0.1, 0.15) is 5.69 Å². The quantitative estimate of drug-likeness (QED) is 0.739. The summed E-state index contributed by atoms with van der Waals surface area (Å²) in [5.41, 5.74) is 0.408. The largest absolute Gasteiger partial charge is 0.378 e. The van der Waals surface area contributed by atoms with Crippen molar-refractivity contribution in [3.63, 3.8) is 0 Å². The Morgan fingerprint density at radius 3 is 2.39 bits per heavy atom. The zero-order valence-electron chi connectivity index (χ0n) is 13.3. The highest BCUT2D eigenvalue weighted by Gasteiger charge is 2.23. The van der Waals surface area contributed by atoms with E-state index in [1.807, 2.05) is 4.90 Å². The topological polar surface area (TPSA) is 78.9 Å². The van der Waals surface area contributed by atoms with Gasteiger partial charge in [0.25, 0.3) is 5.91 Å². The molecule has 0 aromatic carbocycles. The minimum Gasteiger partial charge on any atom is -0.378 e. The van der Waals surface area contributed by atoms with Crippen LogP contribution in [0.25, 0.3) is 0 Å². The highest BCUT2D eigenvalue weighted by Crippen LogP contribution is 2.13. The summed E-state index contributed by atoms with van der Waals surface area (Å²) in [6.45, 7) is 6.55. The first-order valence-electron chi connectivity index (χ1n) is 7.85. The number of morpholine rings is 1. The molecule has 0 aliphatic carbocycles. The summed E-state index contributed by atoms with van der Waals surface area (Å²) in [6.07, 6.45) is 1.62. The van der Waals surface area contributed by atoms with Crippen LogP contribution in [0.1, 0.15) is 17.4 Å². The standard InChI is InChI=1S/C15H21N5O3/c1-12(21)18-4-6-20(7-5-18)15-16-3-2-13(17-15)14(22)19-8-10-23-11-9-19/h2-3H,4-11H2,1H3. The fourth-order valence-corrected chi connectivity index (χ4v) is 2.77. The molecule has 2 fully saturated rings. The van der Waals surface area contributed by atoms with Gasteiger partial charge in [-0.25, -0.2) is 9.97 Å². The molecule has 0 saturated carbocycles. The van der Waals surface area contributed by atoms with Gasteiger partial charge in [-0.3, -0.25) is 9.59 Å². The maximum Gasteiger partial charge on any atom is 0.272 e. The Morgan fingerprint density at radius 2 is 1.74 bits per heavy atom. The van der Waals surface area contributed by atoms with E-state index >= 15 is 0 Å². The third-order valence-electron chi connectivity index (χ3n) is 4.17. The Balaban J connectivity index is 1.68. The molecule has 8 heteroatoms. The molecule has 1 aromatic heterocycles. The first kappa shape index (κ1) is 15.7. The first-order valence-corrected chi connectivity index (χ1v) is 7.85. The molecule has 2 amide bonds. The molecule has 0 unspecified atom stereocenters. The number of rotatable bonds is 2. The van der Waals surface area contributed by atoms with Crippen molar-refractivity contribution in [2.24, 2.45) is 0 Å². The van der Waals surface area contributed by atoms with Crippen LogP contribution in [0.15, 0.2) is 12.3 Å². The number of anilines is 1. The maximum absolute atomic E-state index is 12.5. The Kier molecular flexibility index (Phi) is 4.71. The molecule has 0 bridgehead atoms. The van der Waals surface area contributed by atoms with Gasteiger partial charge in [0.05, 0.1) is 13.2 Å². The average molecular weight is 319 g/mol. The SMILES string of the molecule is CC(=O)N1CCN(c2nccc(C(=O)N3CCOCC3)n2)CC1. The predicted molar refractivity (Wildman–Crippen MR) is 83.2 cm³/mol. The van der Waals surface area contributed by atoms with Gasteiger partial charge >= 0.3 is 0 Å².